The summed E-state index contributed by atoms with van der Waals surface area (Å²) in [6.07, 6.45) is 2.45. The van der Waals surface area contributed by atoms with Gasteiger partial charge in [-0.25, -0.2) is 0 Å². The molecule has 0 amide bonds. The highest BCUT2D eigenvalue weighted by molar-refractivity contribution is 6.00. The highest BCUT2D eigenvalue weighted by Crippen LogP contribution is 2.12. The number of Topliss-reactive ketones (excluding diaryl/α,β-unsaturated/α-hetero) is 1. The molecule has 98 valence electrons. The van der Waals surface area contributed by atoms with E-state index in [1.807, 2.05) is 6.92 Å². The molecule has 0 aliphatic carbocycles. The van der Waals surface area contributed by atoms with Crippen LogP contribution in [0.4, 0.5) is 5.69 Å². The normalized spacial score (nSPS) is 20.8. The molecule has 4 heteroatoms. The Labute approximate surface area is 108 Å². The van der Waals surface area contributed by atoms with Gasteiger partial charge in [-0.1, -0.05) is 0 Å². The molecule has 2 rings (SSSR count). The third kappa shape index (κ3) is 3.31. The van der Waals surface area contributed by atoms with Crippen LogP contribution >= 0.6 is 0 Å². The van der Waals surface area contributed by atoms with Crippen molar-refractivity contribution in [1.82, 2.24) is 5.32 Å². The molecule has 4 nitrogen and oxygen atoms in total. The van der Waals surface area contributed by atoms with Crippen LogP contribution in [0.5, 0.6) is 0 Å². The number of carbonyl (C=O) groups is 1. The first-order chi connectivity index (χ1) is 8.66. The summed E-state index contributed by atoms with van der Waals surface area (Å²) in [4.78, 5) is 12.1. The van der Waals surface area contributed by atoms with Gasteiger partial charge in [-0.3, -0.25) is 4.79 Å². The molecule has 3 N–H and O–H groups in total. The van der Waals surface area contributed by atoms with Crippen LogP contribution in [-0.4, -0.2) is 31.1 Å². The van der Waals surface area contributed by atoms with Crippen molar-refractivity contribution >= 4 is 11.5 Å². The summed E-state index contributed by atoms with van der Waals surface area (Å²) in [5, 5.41) is 3.23. The average molecular weight is 248 g/mol. The van der Waals surface area contributed by atoms with Gasteiger partial charge in [-0.15, -0.1) is 0 Å². The number of nitrogen functional groups attached to an aromatic ring is 1. The van der Waals surface area contributed by atoms with Crippen LogP contribution in [-0.2, 0) is 4.74 Å². The van der Waals surface area contributed by atoms with E-state index in [4.69, 9.17) is 10.5 Å². The van der Waals surface area contributed by atoms with Crippen molar-refractivity contribution in [2.24, 2.45) is 0 Å². The highest BCUT2D eigenvalue weighted by Gasteiger charge is 2.19. The van der Waals surface area contributed by atoms with E-state index in [2.05, 4.69) is 5.32 Å². The number of nitrogens with one attached hydrogen (secondary N) is 1. The number of ketones is 1. The van der Waals surface area contributed by atoms with Gasteiger partial charge in [0.15, 0.2) is 5.78 Å². The number of ether oxygens (including phenoxy) is 1. The number of carbonyl (C=O) groups excluding carboxylic acids is 1. The van der Waals surface area contributed by atoms with Gasteiger partial charge >= 0.3 is 0 Å². The fraction of sp³-hybridized carbons (Fsp3) is 0.500. The van der Waals surface area contributed by atoms with Crippen LogP contribution in [0.15, 0.2) is 24.3 Å². The second-order valence-corrected chi connectivity index (χ2v) is 4.75. The largest absolute Gasteiger partial charge is 0.399 e. The van der Waals surface area contributed by atoms with E-state index in [0.717, 1.165) is 26.0 Å². The molecule has 18 heavy (non-hydrogen) atoms. The lowest BCUT2D eigenvalue weighted by atomic mass is 10.0. The van der Waals surface area contributed by atoms with Crippen molar-refractivity contribution in [2.45, 2.75) is 31.9 Å². The molecule has 0 spiro atoms. The molecular weight excluding hydrogens is 228 g/mol. The van der Waals surface area contributed by atoms with E-state index < -0.39 is 0 Å². The van der Waals surface area contributed by atoms with E-state index in [0.29, 0.717) is 11.3 Å². The second-order valence-electron chi connectivity index (χ2n) is 4.75. The molecule has 1 aromatic carbocycles. The molecule has 0 radical (unpaired) electrons. The summed E-state index contributed by atoms with van der Waals surface area (Å²) in [7, 11) is 0. The van der Waals surface area contributed by atoms with E-state index in [9.17, 15) is 4.79 Å². The number of hydrogen-bond acceptors (Lipinski definition) is 4. The monoisotopic (exact) mass is 248 g/mol. The van der Waals surface area contributed by atoms with Crippen LogP contribution < -0.4 is 11.1 Å². The molecule has 1 aliphatic heterocycles. The lowest BCUT2D eigenvalue weighted by Crippen LogP contribution is -2.38. The summed E-state index contributed by atoms with van der Waals surface area (Å²) in [5.41, 5.74) is 6.96. The molecule has 0 aromatic heterocycles. The maximum absolute atomic E-state index is 12.1. The van der Waals surface area contributed by atoms with E-state index >= 15 is 0 Å². The van der Waals surface area contributed by atoms with Crippen LogP contribution in [0, 0.1) is 0 Å². The number of benzene rings is 1. The number of rotatable bonds is 5. The van der Waals surface area contributed by atoms with Crippen LogP contribution in [0.2, 0.25) is 0 Å². The molecule has 0 bridgehead atoms. The fourth-order valence-electron chi connectivity index (χ4n) is 2.10. The molecule has 1 fully saturated rings. The molecular formula is C14H20N2O2. The minimum absolute atomic E-state index is 0.0907. The summed E-state index contributed by atoms with van der Waals surface area (Å²) in [6.45, 7) is 3.46. The summed E-state index contributed by atoms with van der Waals surface area (Å²) >= 11 is 0. The zero-order valence-electron chi connectivity index (χ0n) is 10.7. The van der Waals surface area contributed by atoms with Gasteiger partial charge in [-0.2, -0.15) is 0 Å². The zero-order valence-corrected chi connectivity index (χ0v) is 10.7. The van der Waals surface area contributed by atoms with Crippen molar-refractivity contribution in [3.8, 4) is 0 Å². The maximum Gasteiger partial charge on any atom is 0.179 e. The van der Waals surface area contributed by atoms with Gasteiger partial charge in [0.2, 0.25) is 0 Å². The fourth-order valence-corrected chi connectivity index (χ4v) is 2.10. The third-order valence-electron chi connectivity index (χ3n) is 3.26. The Morgan fingerprint density at radius 2 is 2.22 bits per heavy atom. The minimum Gasteiger partial charge on any atom is -0.399 e. The van der Waals surface area contributed by atoms with E-state index in [-0.39, 0.29) is 17.9 Å². The highest BCUT2D eigenvalue weighted by atomic mass is 16.5. The Hall–Kier alpha value is -1.39. The Bertz CT molecular complexity index is 397. The van der Waals surface area contributed by atoms with Gasteiger partial charge in [0.05, 0.1) is 12.1 Å². The van der Waals surface area contributed by atoms with Crippen LogP contribution in [0.1, 0.15) is 30.1 Å². The van der Waals surface area contributed by atoms with Gasteiger partial charge in [0, 0.05) is 24.4 Å². The lowest BCUT2D eigenvalue weighted by Gasteiger charge is -2.16. The summed E-state index contributed by atoms with van der Waals surface area (Å²) < 4.78 is 5.51. The van der Waals surface area contributed by atoms with Gasteiger partial charge < -0.3 is 15.8 Å². The predicted molar refractivity (Wildman–Crippen MR) is 71.6 cm³/mol. The quantitative estimate of drug-likeness (QED) is 0.614. The molecule has 1 heterocycles. The first kappa shape index (κ1) is 13.1. The van der Waals surface area contributed by atoms with E-state index in [1.165, 1.54) is 0 Å². The molecule has 2 atom stereocenters. The SMILES string of the molecule is CC(NCC1CCCO1)C(=O)c1ccc(N)cc1. The molecule has 2 unspecified atom stereocenters. The first-order valence-electron chi connectivity index (χ1n) is 6.41. The Balaban J connectivity index is 1.85. The van der Waals surface area contributed by atoms with Crippen molar-refractivity contribution in [2.75, 3.05) is 18.9 Å². The molecule has 1 aliphatic rings. The molecule has 0 saturated carbocycles. The number of nitrogens with two attached hydrogens (primary N) is 1. The first-order valence-corrected chi connectivity index (χ1v) is 6.41. The van der Waals surface area contributed by atoms with Gasteiger partial charge in [-0.05, 0) is 44.0 Å². The van der Waals surface area contributed by atoms with Crippen molar-refractivity contribution in [1.29, 1.82) is 0 Å². The van der Waals surface area contributed by atoms with Crippen LogP contribution in [0.3, 0.4) is 0 Å². The van der Waals surface area contributed by atoms with E-state index in [1.54, 1.807) is 24.3 Å². The zero-order chi connectivity index (χ0) is 13.0. The topological polar surface area (TPSA) is 64.3 Å². The lowest BCUT2D eigenvalue weighted by molar-refractivity contribution is 0.0902. The van der Waals surface area contributed by atoms with Crippen molar-refractivity contribution in [3.05, 3.63) is 29.8 Å². The van der Waals surface area contributed by atoms with Gasteiger partial charge in [0.1, 0.15) is 0 Å². The average Bonchev–Trinajstić information content (AvgIpc) is 2.89. The second kappa shape index (κ2) is 5.98. The number of anilines is 1. The standard InChI is InChI=1S/C14H20N2O2/c1-10(16-9-13-3-2-8-18-13)14(17)11-4-6-12(15)7-5-11/h4-7,10,13,16H,2-3,8-9,15H2,1H3. The van der Waals surface area contributed by atoms with Gasteiger partial charge in [0.25, 0.3) is 0 Å². The predicted octanol–water partition coefficient (Wildman–Crippen LogP) is 1.61. The Kier molecular flexibility index (Phi) is 4.33. The third-order valence-corrected chi connectivity index (χ3v) is 3.26. The molecule has 1 aromatic rings. The Morgan fingerprint density at radius 1 is 1.50 bits per heavy atom. The minimum atomic E-state index is -0.196. The Morgan fingerprint density at radius 3 is 2.83 bits per heavy atom. The summed E-state index contributed by atoms with van der Waals surface area (Å²) in [6, 6.07) is 6.84. The molecule has 1 saturated heterocycles. The van der Waals surface area contributed by atoms with Crippen molar-refractivity contribution < 1.29 is 9.53 Å². The maximum atomic E-state index is 12.1. The smallest absolute Gasteiger partial charge is 0.179 e. The van der Waals surface area contributed by atoms with Crippen LogP contribution in [0.25, 0.3) is 0 Å². The summed E-state index contributed by atoms with van der Waals surface area (Å²) in [5.74, 6) is 0.0907. The van der Waals surface area contributed by atoms with Crippen molar-refractivity contribution in [3.63, 3.8) is 0 Å². The number of hydrogen-bond donors (Lipinski definition) is 2.